The number of carbonyl (C=O) groups is 1. The number of nitrogens with one attached hydrogen (secondary N) is 1. The highest BCUT2D eigenvalue weighted by Gasteiger charge is 2.09. The molecule has 4 nitrogen and oxygen atoms in total. The lowest BCUT2D eigenvalue weighted by atomic mass is 10.1. The van der Waals surface area contributed by atoms with Gasteiger partial charge in [0.1, 0.15) is 6.04 Å². The second-order valence-electron chi connectivity index (χ2n) is 4.16. The first-order valence-electron chi connectivity index (χ1n) is 5.77. The van der Waals surface area contributed by atoms with Crippen LogP contribution in [-0.2, 0) is 4.79 Å². The molecule has 0 amide bonds. The maximum atomic E-state index is 10.4. The molecule has 0 aliphatic heterocycles. The monoisotopic (exact) mass is 216 g/mol. The Morgan fingerprint density at radius 1 is 1.47 bits per heavy atom. The zero-order valence-electron chi connectivity index (χ0n) is 9.83. The highest BCUT2D eigenvalue weighted by Crippen LogP contribution is 2.00. The second kappa shape index (κ2) is 8.68. The van der Waals surface area contributed by atoms with E-state index in [2.05, 4.69) is 19.2 Å². The van der Waals surface area contributed by atoms with Crippen LogP contribution in [0.15, 0.2) is 0 Å². The smallest absolute Gasteiger partial charge is 0.320 e. The van der Waals surface area contributed by atoms with Gasteiger partial charge in [0.2, 0.25) is 0 Å². The van der Waals surface area contributed by atoms with E-state index in [9.17, 15) is 4.79 Å². The summed E-state index contributed by atoms with van der Waals surface area (Å²) in [5, 5.41) is 11.9. The molecule has 0 spiro atoms. The molecule has 0 radical (unpaired) electrons. The van der Waals surface area contributed by atoms with Gasteiger partial charge in [-0.05, 0) is 31.8 Å². The SMILES string of the molecule is CCC(C)CNCCCC[C@H](N)C(=O)O. The van der Waals surface area contributed by atoms with E-state index in [-0.39, 0.29) is 0 Å². The van der Waals surface area contributed by atoms with E-state index in [1.165, 1.54) is 6.42 Å². The highest BCUT2D eigenvalue weighted by molar-refractivity contribution is 5.72. The fourth-order valence-electron chi connectivity index (χ4n) is 1.23. The Kier molecular flexibility index (Phi) is 8.33. The van der Waals surface area contributed by atoms with Crippen LogP contribution in [0.2, 0.25) is 0 Å². The van der Waals surface area contributed by atoms with Crippen LogP contribution in [0.5, 0.6) is 0 Å². The first-order valence-corrected chi connectivity index (χ1v) is 5.77. The first-order chi connectivity index (χ1) is 7.07. The van der Waals surface area contributed by atoms with E-state index in [4.69, 9.17) is 10.8 Å². The van der Waals surface area contributed by atoms with Gasteiger partial charge in [0.25, 0.3) is 0 Å². The molecule has 4 heteroatoms. The molecule has 0 heterocycles. The minimum atomic E-state index is -0.900. The predicted molar refractivity (Wildman–Crippen MR) is 61.8 cm³/mol. The van der Waals surface area contributed by atoms with Gasteiger partial charge in [-0.25, -0.2) is 0 Å². The van der Waals surface area contributed by atoms with Gasteiger partial charge in [0.05, 0.1) is 0 Å². The van der Waals surface area contributed by atoms with Crippen LogP contribution in [-0.4, -0.2) is 30.2 Å². The van der Waals surface area contributed by atoms with Crippen molar-refractivity contribution < 1.29 is 9.90 Å². The quantitative estimate of drug-likeness (QED) is 0.506. The second-order valence-corrected chi connectivity index (χ2v) is 4.16. The molecule has 2 atom stereocenters. The van der Waals surface area contributed by atoms with Gasteiger partial charge in [-0.3, -0.25) is 4.79 Å². The molecule has 0 aliphatic rings. The molecular weight excluding hydrogens is 192 g/mol. The lowest BCUT2D eigenvalue weighted by Gasteiger charge is -2.10. The molecule has 0 rings (SSSR count). The topological polar surface area (TPSA) is 75.3 Å². The summed E-state index contributed by atoms with van der Waals surface area (Å²) in [6.45, 7) is 6.39. The Labute approximate surface area is 92.2 Å². The lowest BCUT2D eigenvalue weighted by Crippen LogP contribution is -2.30. The van der Waals surface area contributed by atoms with Crippen molar-refractivity contribution in [2.24, 2.45) is 11.7 Å². The van der Waals surface area contributed by atoms with Crippen molar-refractivity contribution in [2.75, 3.05) is 13.1 Å². The van der Waals surface area contributed by atoms with Crippen LogP contribution in [0.3, 0.4) is 0 Å². The number of carboxylic acid groups (broad SMARTS) is 1. The van der Waals surface area contributed by atoms with Crippen molar-refractivity contribution in [3.63, 3.8) is 0 Å². The van der Waals surface area contributed by atoms with Crippen molar-refractivity contribution >= 4 is 5.97 Å². The van der Waals surface area contributed by atoms with Crippen LogP contribution >= 0.6 is 0 Å². The van der Waals surface area contributed by atoms with Crippen LogP contribution in [0.4, 0.5) is 0 Å². The van der Waals surface area contributed by atoms with Crippen LogP contribution < -0.4 is 11.1 Å². The van der Waals surface area contributed by atoms with E-state index < -0.39 is 12.0 Å². The average Bonchev–Trinajstić information content (AvgIpc) is 2.22. The van der Waals surface area contributed by atoms with Gasteiger partial charge in [-0.1, -0.05) is 26.7 Å². The Balaban J connectivity index is 3.21. The Hall–Kier alpha value is -0.610. The number of rotatable bonds is 9. The molecule has 0 aromatic rings. The third-order valence-corrected chi connectivity index (χ3v) is 2.63. The van der Waals surface area contributed by atoms with Gasteiger partial charge in [-0.15, -0.1) is 0 Å². The van der Waals surface area contributed by atoms with Crippen molar-refractivity contribution in [3.05, 3.63) is 0 Å². The summed E-state index contributed by atoms with van der Waals surface area (Å²) in [7, 11) is 0. The van der Waals surface area contributed by atoms with E-state index in [1.807, 2.05) is 0 Å². The van der Waals surface area contributed by atoms with E-state index in [0.29, 0.717) is 12.3 Å². The Morgan fingerprint density at radius 2 is 2.13 bits per heavy atom. The maximum absolute atomic E-state index is 10.4. The summed E-state index contributed by atoms with van der Waals surface area (Å²) in [6, 6.07) is -0.695. The molecule has 90 valence electrons. The van der Waals surface area contributed by atoms with Crippen molar-refractivity contribution in [1.82, 2.24) is 5.32 Å². The molecule has 4 N–H and O–H groups in total. The third-order valence-electron chi connectivity index (χ3n) is 2.63. The normalized spacial score (nSPS) is 14.9. The molecule has 0 bridgehead atoms. The van der Waals surface area contributed by atoms with Gasteiger partial charge in [0, 0.05) is 0 Å². The molecule has 0 saturated carbocycles. The number of hydrogen-bond donors (Lipinski definition) is 3. The molecule has 0 fully saturated rings. The summed E-state index contributed by atoms with van der Waals surface area (Å²) in [5.74, 6) is -0.186. The fourth-order valence-corrected chi connectivity index (χ4v) is 1.23. The Morgan fingerprint density at radius 3 is 2.67 bits per heavy atom. The largest absolute Gasteiger partial charge is 0.480 e. The van der Waals surface area contributed by atoms with E-state index >= 15 is 0 Å². The van der Waals surface area contributed by atoms with Gasteiger partial charge in [-0.2, -0.15) is 0 Å². The number of aliphatic carboxylic acids is 1. The molecule has 0 aromatic heterocycles. The molecular formula is C11H24N2O2. The number of hydrogen-bond acceptors (Lipinski definition) is 3. The average molecular weight is 216 g/mol. The highest BCUT2D eigenvalue weighted by atomic mass is 16.4. The molecule has 1 unspecified atom stereocenters. The maximum Gasteiger partial charge on any atom is 0.320 e. The van der Waals surface area contributed by atoms with Crippen molar-refractivity contribution in [3.8, 4) is 0 Å². The summed E-state index contributed by atoms with van der Waals surface area (Å²) >= 11 is 0. The zero-order chi connectivity index (χ0) is 11.7. The van der Waals surface area contributed by atoms with Gasteiger partial charge >= 0.3 is 5.97 Å². The fraction of sp³-hybridized carbons (Fsp3) is 0.909. The summed E-state index contributed by atoms with van der Waals surface area (Å²) in [6.07, 6.45) is 3.63. The number of nitrogens with two attached hydrogens (primary N) is 1. The summed E-state index contributed by atoms with van der Waals surface area (Å²) in [4.78, 5) is 10.4. The van der Waals surface area contributed by atoms with Crippen molar-refractivity contribution in [2.45, 2.75) is 45.6 Å². The number of carboxylic acids is 1. The minimum absolute atomic E-state index is 0.570. The first kappa shape index (κ1) is 14.4. The lowest BCUT2D eigenvalue weighted by molar-refractivity contribution is -0.138. The molecule has 0 saturated heterocycles. The third kappa shape index (κ3) is 8.39. The predicted octanol–water partition coefficient (Wildman–Crippen LogP) is 1.20. The van der Waals surface area contributed by atoms with Crippen molar-refractivity contribution in [1.29, 1.82) is 0 Å². The molecule has 15 heavy (non-hydrogen) atoms. The standard InChI is InChI=1S/C11H24N2O2/c1-3-9(2)8-13-7-5-4-6-10(12)11(14)15/h9-10,13H,3-8,12H2,1-2H3,(H,14,15)/t9?,10-/m0/s1. The van der Waals surface area contributed by atoms with Gasteiger partial charge in [0.15, 0.2) is 0 Å². The summed E-state index contributed by atoms with van der Waals surface area (Å²) in [5.41, 5.74) is 5.38. The minimum Gasteiger partial charge on any atom is -0.480 e. The Bertz CT molecular complexity index is 174. The van der Waals surface area contributed by atoms with Crippen LogP contribution in [0.25, 0.3) is 0 Å². The van der Waals surface area contributed by atoms with Crippen LogP contribution in [0.1, 0.15) is 39.5 Å². The number of unbranched alkanes of at least 4 members (excludes halogenated alkanes) is 1. The molecule has 0 aliphatic carbocycles. The molecule has 0 aromatic carbocycles. The summed E-state index contributed by atoms with van der Waals surface area (Å²) < 4.78 is 0. The van der Waals surface area contributed by atoms with E-state index in [1.54, 1.807) is 0 Å². The van der Waals surface area contributed by atoms with Crippen LogP contribution in [0, 0.1) is 5.92 Å². The zero-order valence-corrected chi connectivity index (χ0v) is 9.83. The van der Waals surface area contributed by atoms with E-state index in [0.717, 1.165) is 25.9 Å². The van der Waals surface area contributed by atoms with Gasteiger partial charge < -0.3 is 16.2 Å².